The smallest absolute Gasteiger partial charge is 0.175 e. The van der Waals surface area contributed by atoms with E-state index in [-0.39, 0.29) is 10.8 Å². The molecule has 0 radical (unpaired) electrons. The fraction of sp³-hybridized carbons (Fsp3) is 0.455. The Morgan fingerprint density at radius 3 is 2.69 bits per heavy atom. The van der Waals surface area contributed by atoms with Crippen LogP contribution in [0.3, 0.4) is 0 Å². The van der Waals surface area contributed by atoms with E-state index in [9.17, 15) is 8.42 Å². The molecule has 0 bridgehead atoms. The molecule has 0 amide bonds. The maximum absolute atomic E-state index is 11.3. The third kappa shape index (κ3) is 4.02. The molecule has 16 heavy (non-hydrogen) atoms. The summed E-state index contributed by atoms with van der Waals surface area (Å²) in [5.41, 5.74) is 0. The Hall–Kier alpha value is -0.740. The molecule has 0 spiro atoms. The number of ether oxygens (including phenoxy) is 1. The first-order chi connectivity index (χ1) is 7.43. The topological polar surface area (TPSA) is 43.4 Å². The van der Waals surface area contributed by atoms with E-state index >= 15 is 0 Å². The Bertz CT molecular complexity index is 442. The summed E-state index contributed by atoms with van der Waals surface area (Å²) in [5, 5.41) is 0. The van der Waals surface area contributed by atoms with Crippen LogP contribution in [0.15, 0.2) is 29.2 Å². The molecule has 90 valence electrons. The number of halogens is 1. The van der Waals surface area contributed by atoms with Crippen molar-refractivity contribution in [2.45, 2.75) is 11.8 Å². The summed E-state index contributed by atoms with van der Waals surface area (Å²) < 4.78 is 28.1. The van der Waals surface area contributed by atoms with E-state index in [0.29, 0.717) is 18.2 Å². The third-order valence-corrected chi connectivity index (χ3v) is 3.67. The Morgan fingerprint density at radius 2 is 2.12 bits per heavy atom. The van der Waals surface area contributed by atoms with Crippen molar-refractivity contribution >= 4 is 21.4 Å². The molecule has 0 N–H and O–H groups in total. The highest BCUT2D eigenvalue weighted by atomic mass is 35.5. The summed E-state index contributed by atoms with van der Waals surface area (Å²) >= 11 is 5.65. The second kappa shape index (κ2) is 5.55. The van der Waals surface area contributed by atoms with Gasteiger partial charge < -0.3 is 4.74 Å². The lowest BCUT2D eigenvalue weighted by atomic mass is 10.2. The van der Waals surface area contributed by atoms with Crippen molar-refractivity contribution in [3.63, 3.8) is 0 Å². The molecular weight excluding hydrogens is 248 g/mol. The van der Waals surface area contributed by atoms with Crippen LogP contribution >= 0.6 is 11.6 Å². The summed E-state index contributed by atoms with van der Waals surface area (Å²) in [6, 6.07) is 6.47. The van der Waals surface area contributed by atoms with Crippen molar-refractivity contribution in [3.8, 4) is 5.75 Å². The average Bonchev–Trinajstić information content (AvgIpc) is 2.25. The van der Waals surface area contributed by atoms with Crippen molar-refractivity contribution in [2.24, 2.45) is 5.92 Å². The normalized spacial score (nSPS) is 13.4. The first kappa shape index (κ1) is 13.3. The monoisotopic (exact) mass is 262 g/mol. The molecule has 0 heterocycles. The Morgan fingerprint density at radius 1 is 1.44 bits per heavy atom. The van der Waals surface area contributed by atoms with Crippen LogP contribution in [0.4, 0.5) is 0 Å². The summed E-state index contributed by atoms with van der Waals surface area (Å²) in [4.78, 5) is 0.267. The van der Waals surface area contributed by atoms with Crippen molar-refractivity contribution in [3.05, 3.63) is 24.3 Å². The number of benzene rings is 1. The quantitative estimate of drug-likeness (QED) is 0.765. The first-order valence-corrected chi connectivity index (χ1v) is 7.35. The van der Waals surface area contributed by atoms with E-state index in [4.69, 9.17) is 16.3 Å². The molecule has 0 fully saturated rings. The summed E-state index contributed by atoms with van der Waals surface area (Å²) in [7, 11) is -3.18. The van der Waals surface area contributed by atoms with E-state index in [2.05, 4.69) is 0 Å². The maximum atomic E-state index is 11.3. The maximum Gasteiger partial charge on any atom is 0.175 e. The predicted molar refractivity (Wildman–Crippen MR) is 64.9 cm³/mol. The Balaban J connectivity index is 2.76. The summed E-state index contributed by atoms with van der Waals surface area (Å²) in [6.07, 6.45) is 1.17. The van der Waals surface area contributed by atoms with Crippen LogP contribution < -0.4 is 4.74 Å². The van der Waals surface area contributed by atoms with Gasteiger partial charge in [0.25, 0.3) is 0 Å². The van der Waals surface area contributed by atoms with Crippen molar-refractivity contribution < 1.29 is 13.2 Å². The standard InChI is InChI=1S/C11H15ClO3S/c1-9(7-12)8-15-10-4-3-5-11(6-10)16(2,13)14/h3-6,9H,7-8H2,1-2H3. The Labute approximate surface area is 101 Å². The fourth-order valence-corrected chi connectivity index (χ4v) is 1.82. The van der Waals surface area contributed by atoms with Gasteiger partial charge in [0, 0.05) is 18.1 Å². The number of hydrogen-bond donors (Lipinski definition) is 0. The highest BCUT2D eigenvalue weighted by Crippen LogP contribution is 2.18. The summed E-state index contributed by atoms with van der Waals surface area (Å²) in [6.45, 7) is 2.45. The molecule has 0 saturated heterocycles. The molecule has 0 aliphatic rings. The van der Waals surface area contributed by atoms with Gasteiger partial charge >= 0.3 is 0 Å². The zero-order chi connectivity index (χ0) is 12.2. The molecule has 1 rings (SSSR count). The van der Waals surface area contributed by atoms with Gasteiger partial charge in [-0.15, -0.1) is 11.6 Å². The van der Waals surface area contributed by atoms with Crippen molar-refractivity contribution in [1.29, 1.82) is 0 Å². The van der Waals surface area contributed by atoms with Crippen molar-refractivity contribution in [1.82, 2.24) is 0 Å². The van der Waals surface area contributed by atoms with E-state index in [1.807, 2.05) is 6.92 Å². The van der Waals surface area contributed by atoms with Crippen LogP contribution in [0.2, 0.25) is 0 Å². The molecule has 0 aliphatic carbocycles. The van der Waals surface area contributed by atoms with Gasteiger partial charge in [-0.25, -0.2) is 8.42 Å². The molecule has 3 nitrogen and oxygen atoms in total. The lowest BCUT2D eigenvalue weighted by Gasteiger charge is -2.10. The number of alkyl halides is 1. The average molecular weight is 263 g/mol. The predicted octanol–water partition coefficient (Wildman–Crippen LogP) is 2.34. The molecule has 5 heteroatoms. The zero-order valence-electron chi connectivity index (χ0n) is 9.31. The minimum atomic E-state index is -3.18. The molecule has 0 saturated carbocycles. The van der Waals surface area contributed by atoms with Gasteiger partial charge in [-0.3, -0.25) is 0 Å². The van der Waals surface area contributed by atoms with Crippen LogP contribution in [0, 0.1) is 5.92 Å². The van der Waals surface area contributed by atoms with Gasteiger partial charge in [0.1, 0.15) is 5.75 Å². The van der Waals surface area contributed by atoms with Crippen LogP contribution in [0.1, 0.15) is 6.92 Å². The van der Waals surface area contributed by atoms with Gasteiger partial charge in [0.2, 0.25) is 0 Å². The second-order valence-corrected chi connectivity index (χ2v) is 6.14. The lowest BCUT2D eigenvalue weighted by Crippen LogP contribution is -2.10. The SMILES string of the molecule is CC(CCl)COc1cccc(S(C)(=O)=O)c1. The molecule has 0 aliphatic heterocycles. The lowest BCUT2D eigenvalue weighted by molar-refractivity contribution is 0.272. The summed E-state index contributed by atoms with van der Waals surface area (Å²) in [5.74, 6) is 1.31. The van der Waals surface area contributed by atoms with Crippen LogP contribution in [0.5, 0.6) is 5.75 Å². The molecular formula is C11H15ClO3S. The largest absolute Gasteiger partial charge is 0.493 e. The third-order valence-electron chi connectivity index (χ3n) is 2.03. The molecule has 1 aromatic rings. The van der Waals surface area contributed by atoms with Crippen LogP contribution in [-0.2, 0) is 9.84 Å². The van der Waals surface area contributed by atoms with Gasteiger partial charge in [-0.2, -0.15) is 0 Å². The molecule has 1 aromatic carbocycles. The number of rotatable bonds is 5. The van der Waals surface area contributed by atoms with Gasteiger partial charge in [0.05, 0.1) is 11.5 Å². The zero-order valence-corrected chi connectivity index (χ0v) is 10.9. The Kier molecular flexibility index (Phi) is 4.62. The van der Waals surface area contributed by atoms with Gasteiger partial charge in [-0.05, 0) is 18.2 Å². The molecule has 0 aromatic heterocycles. The number of hydrogen-bond acceptors (Lipinski definition) is 3. The van der Waals surface area contributed by atoms with E-state index in [1.165, 1.54) is 12.3 Å². The first-order valence-electron chi connectivity index (χ1n) is 4.92. The second-order valence-electron chi connectivity index (χ2n) is 3.82. The fourth-order valence-electron chi connectivity index (χ4n) is 1.08. The number of sulfone groups is 1. The van der Waals surface area contributed by atoms with E-state index in [1.54, 1.807) is 18.2 Å². The van der Waals surface area contributed by atoms with Crippen molar-refractivity contribution in [2.75, 3.05) is 18.7 Å². The van der Waals surface area contributed by atoms with Crippen LogP contribution in [-0.4, -0.2) is 27.2 Å². The minimum Gasteiger partial charge on any atom is -0.493 e. The van der Waals surface area contributed by atoms with E-state index < -0.39 is 9.84 Å². The highest BCUT2D eigenvalue weighted by Gasteiger charge is 2.08. The van der Waals surface area contributed by atoms with Crippen LogP contribution in [0.25, 0.3) is 0 Å². The minimum absolute atomic E-state index is 0.239. The van der Waals surface area contributed by atoms with Gasteiger partial charge in [0.15, 0.2) is 9.84 Å². The molecule has 1 atom stereocenters. The highest BCUT2D eigenvalue weighted by molar-refractivity contribution is 7.90. The molecule has 1 unspecified atom stereocenters. The van der Waals surface area contributed by atoms with E-state index in [0.717, 1.165) is 0 Å². The van der Waals surface area contributed by atoms with Gasteiger partial charge in [-0.1, -0.05) is 13.0 Å².